The fraction of sp³-hybridized carbons (Fsp3) is 0.423. The van der Waals surface area contributed by atoms with Crippen molar-refractivity contribution in [2.45, 2.75) is 78.4 Å². The fourth-order valence-electron chi connectivity index (χ4n) is 8.68. The molecular weight excluding hydrogens is 801 g/mol. The number of carbonyl (C=O) groups is 2. The summed E-state index contributed by atoms with van der Waals surface area (Å²) in [6.07, 6.45) is 5.77. The molecule has 0 spiro atoms. The fourth-order valence-corrected chi connectivity index (χ4v) is 8.68. The number of aryl methyl sites for hydroxylation is 2. The second-order valence-corrected chi connectivity index (χ2v) is 18.3. The summed E-state index contributed by atoms with van der Waals surface area (Å²) in [6, 6.07) is 29.2. The Morgan fingerprint density at radius 1 is 0.547 bits per heavy atom. The maximum atomic E-state index is 13.0. The van der Waals surface area contributed by atoms with Crippen LogP contribution in [0.25, 0.3) is 44.1 Å². The van der Waals surface area contributed by atoms with E-state index in [2.05, 4.69) is 94.1 Å². The Morgan fingerprint density at radius 3 is 1.30 bits per heavy atom. The monoisotopic (exact) mass is 862 g/mol. The van der Waals surface area contributed by atoms with Gasteiger partial charge in [-0.1, -0.05) is 62.4 Å². The second kappa shape index (κ2) is 19.4. The number of likely N-dealkylation sites (N-methyl/N-ethyl adjacent to an activating group) is 2. The van der Waals surface area contributed by atoms with Gasteiger partial charge in [-0.25, -0.2) is 19.6 Å². The van der Waals surface area contributed by atoms with Crippen LogP contribution in [-0.4, -0.2) is 118 Å². The number of ether oxygens (including phenoxy) is 2. The van der Waals surface area contributed by atoms with Crippen molar-refractivity contribution in [1.29, 1.82) is 0 Å². The third-order valence-corrected chi connectivity index (χ3v) is 12.8. The molecule has 0 N–H and O–H groups in total. The number of piperazine rings is 2. The van der Waals surface area contributed by atoms with E-state index in [-0.39, 0.29) is 0 Å². The Hall–Kier alpha value is -5.98. The molecule has 2 saturated heterocycles. The van der Waals surface area contributed by atoms with Crippen molar-refractivity contribution in [1.82, 2.24) is 29.7 Å². The van der Waals surface area contributed by atoms with E-state index in [0.717, 1.165) is 133 Å². The number of hydrogen-bond acceptors (Lipinski definition) is 12. The Balaban J connectivity index is 0.830. The van der Waals surface area contributed by atoms with Gasteiger partial charge >= 0.3 is 11.9 Å². The summed E-state index contributed by atoms with van der Waals surface area (Å²) in [5.74, 6) is 0.0173. The van der Waals surface area contributed by atoms with Crippen LogP contribution in [-0.2, 0) is 31.9 Å². The number of hydrogen-bond donors (Lipinski definition) is 0. The highest BCUT2D eigenvalue weighted by molar-refractivity contribution is 6.29. The lowest BCUT2D eigenvalue weighted by atomic mass is 10.00. The van der Waals surface area contributed by atoms with E-state index >= 15 is 0 Å². The molecule has 2 aliphatic heterocycles. The quantitative estimate of drug-likeness (QED) is 0.0774. The number of pyridine rings is 4. The predicted octanol–water partition coefficient (Wildman–Crippen LogP) is 8.40. The Bertz CT molecular complexity index is 2380. The maximum absolute atomic E-state index is 13.0. The highest BCUT2D eigenvalue weighted by atomic mass is 16.6. The number of rotatable bonds is 14. The zero-order valence-electron chi connectivity index (χ0n) is 38.3. The summed E-state index contributed by atoms with van der Waals surface area (Å²) < 4.78 is 11.4. The van der Waals surface area contributed by atoms with Gasteiger partial charge in [0.15, 0.2) is 0 Å². The number of benzene rings is 2. The van der Waals surface area contributed by atoms with Gasteiger partial charge in [0.1, 0.15) is 22.8 Å². The minimum absolute atomic E-state index is 0.470. The van der Waals surface area contributed by atoms with E-state index in [4.69, 9.17) is 29.4 Å². The molecule has 0 aliphatic carbocycles. The number of carbonyl (C=O) groups excluding carboxylic acids is 2. The Kier molecular flexibility index (Phi) is 13.5. The maximum Gasteiger partial charge on any atom is 0.418 e. The zero-order valence-corrected chi connectivity index (χ0v) is 38.3. The average molecular weight is 863 g/mol. The molecule has 2 aromatic carbocycles. The lowest BCUT2D eigenvalue weighted by molar-refractivity contribution is -0.183. The number of fused-ring (bicyclic) bond motifs is 2. The summed E-state index contributed by atoms with van der Waals surface area (Å²) in [4.78, 5) is 55.7. The standard InChI is InChI=1S/C52H62N8O4/c1-7-57-25-29-59(30-26-57)47-43-15-11-9-13-37(43)33-45(55-47)39-17-19-41(53-35-39)21-23-51(3,4)63-49(61)50(62)64-52(5,6)24-22-42-20-18-40(36-54-42)46-34-38-14-10-12-16-44(38)48(56-46)60-31-27-58(8-2)28-32-60/h9-20,33-36H,7-8,21-32H2,1-6H3. The molecule has 8 rings (SSSR count). The number of nitrogens with zero attached hydrogens (tertiary/aromatic N) is 8. The van der Waals surface area contributed by atoms with Crippen molar-refractivity contribution in [3.63, 3.8) is 0 Å². The first-order chi connectivity index (χ1) is 30.9. The first-order valence-corrected chi connectivity index (χ1v) is 23.0. The van der Waals surface area contributed by atoms with Gasteiger partial charge < -0.3 is 29.1 Å². The van der Waals surface area contributed by atoms with E-state index in [1.54, 1.807) is 27.7 Å². The molecule has 0 atom stereocenters. The molecule has 4 aromatic heterocycles. The summed E-state index contributed by atoms with van der Waals surface area (Å²) >= 11 is 0. The van der Waals surface area contributed by atoms with Crippen LogP contribution in [0.1, 0.15) is 65.8 Å². The zero-order chi connectivity index (χ0) is 44.8. The van der Waals surface area contributed by atoms with Gasteiger partial charge in [-0.2, -0.15) is 0 Å². The minimum Gasteiger partial charge on any atom is -0.451 e. The van der Waals surface area contributed by atoms with Gasteiger partial charge in [-0.3, -0.25) is 9.97 Å². The first-order valence-electron chi connectivity index (χ1n) is 23.0. The van der Waals surface area contributed by atoms with Gasteiger partial charge in [-0.15, -0.1) is 0 Å². The van der Waals surface area contributed by atoms with E-state index in [1.807, 2.05) is 36.7 Å². The van der Waals surface area contributed by atoms with Crippen molar-refractivity contribution in [3.8, 4) is 22.5 Å². The van der Waals surface area contributed by atoms with Gasteiger partial charge in [0.05, 0.1) is 11.4 Å². The summed E-state index contributed by atoms with van der Waals surface area (Å²) in [5.41, 5.74) is 3.52. The molecule has 0 radical (unpaired) electrons. The summed E-state index contributed by atoms with van der Waals surface area (Å²) in [7, 11) is 0. The van der Waals surface area contributed by atoms with Gasteiger partial charge in [0.25, 0.3) is 0 Å². The number of aromatic nitrogens is 4. The highest BCUT2D eigenvalue weighted by Gasteiger charge is 2.33. The molecule has 0 unspecified atom stereocenters. The van der Waals surface area contributed by atoms with Crippen LogP contribution in [0.4, 0.5) is 11.6 Å². The van der Waals surface area contributed by atoms with Crippen LogP contribution in [0.5, 0.6) is 0 Å². The number of anilines is 2. The molecule has 12 nitrogen and oxygen atoms in total. The molecule has 0 bridgehead atoms. The summed E-state index contributed by atoms with van der Waals surface area (Å²) in [6.45, 7) is 21.6. The topological polar surface area (TPSA) is 117 Å². The average Bonchev–Trinajstić information content (AvgIpc) is 3.32. The minimum atomic E-state index is -1.01. The predicted molar refractivity (Wildman–Crippen MR) is 256 cm³/mol. The SMILES string of the molecule is CCN1CCN(c2nc(-c3ccc(CCC(C)(C)OC(=O)C(=O)OC(C)(C)CCc4ccc(-c5cc6ccccc6c(N6CCN(CC)CC6)n5)cn4)nc3)cc3ccccc23)CC1. The molecule has 6 heterocycles. The summed E-state index contributed by atoms with van der Waals surface area (Å²) in [5, 5.41) is 4.62. The smallest absolute Gasteiger partial charge is 0.418 e. The van der Waals surface area contributed by atoms with Crippen LogP contribution in [0.2, 0.25) is 0 Å². The van der Waals surface area contributed by atoms with Crippen LogP contribution in [0, 0.1) is 0 Å². The first kappa shape index (κ1) is 44.6. The van der Waals surface area contributed by atoms with E-state index in [9.17, 15) is 9.59 Å². The van der Waals surface area contributed by atoms with Gasteiger partial charge in [0, 0.05) is 98.0 Å². The van der Waals surface area contributed by atoms with Gasteiger partial charge in [-0.05, 0) is 114 Å². The van der Waals surface area contributed by atoms with E-state index in [1.165, 1.54) is 0 Å². The van der Waals surface area contributed by atoms with Crippen molar-refractivity contribution in [2.75, 3.05) is 75.2 Å². The molecule has 334 valence electrons. The molecule has 0 amide bonds. The molecular formula is C52H62N8O4. The van der Waals surface area contributed by atoms with Crippen LogP contribution in [0.15, 0.2) is 97.3 Å². The lowest BCUT2D eigenvalue weighted by Gasteiger charge is -2.35. The lowest BCUT2D eigenvalue weighted by Crippen LogP contribution is -2.46. The van der Waals surface area contributed by atoms with Gasteiger partial charge in [0.2, 0.25) is 0 Å². The molecule has 0 saturated carbocycles. The molecule has 2 fully saturated rings. The highest BCUT2D eigenvalue weighted by Crippen LogP contribution is 2.33. The molecule has 64 heavy (non-hydrogen) atoms. The van der Waals surface area contributed by atoms with Crippen molar-refractivity contribution in [2.24, 2.45) is 0 Å². The second-order valence-electron chi connectivity index (χ2n) is 18.3. The molecule has 2 aliphatic rings. The van der Waals surface area contributed by atoms with Crippen molar-refractivity contribution >= 4 is 45.1 Å². The molecule has 6 aromatic rings. The Morgan fingerprint density at radius 2 is 0.938 bits per heavy atom. The van der Waals surface area contributed by atoms with Crippen LogP contribution >= 0.6 is 0 Å². The van der Waals surface area contributed by atoms with Crippen LogP contribution in [0.3, 0.4) is 0 Å². The van der Waals surface area contributed by atoms with Crippen LogP contribution < -0.4 is 9.80 Å². The van der Waals surface area contributed by atoms with E-state index in [0.29, 0.717) is 25.7 Å². The third kappa shape index (κ3) is 10.7. The third-order valence-electron chi connectivity index (χ3n) is 12.8. The normalized spacial score (nSPS) is 15.5. The van der Waals surface area contributed by atoms with Crippen molar-refractivity contribution < 1.29 is 19.1 Å². The largest absolute Gasteiger partial charge is 0.451 e. The Labute approximate surface area is 377 Å². The number of esters is 2. The van der Waals surface area contributed by atoms with E-state index < -0.39 is 23.1 Å². The molecule has 12 heteroatoms. The van der Waals surface area contributed by atoms with Crippen molar-refractivity contribution in [3.05, 3.63) is 109 Å².